The van der Waals surface area contributed by atoms with Crippen LogP contribution in [0.2, 0.25) is 0 Å². The Labute approximate surface area is 93.3 Å². The molecule has 1 N–H and O–H groups in total. The van der Waals surface area contributed by atoms with Crippen molar-refractivity contribution < 1.29 is 29.4 Å². The van der Waals surface area contributed by atoms with E-state index < -0.39 is 6.09 Å². The van der Waals surface area contributed by atoms with Gasteiger partial charge in [0.2, 0.25) is 0 Å². The number of nitrogens with zero attached hydrogens (tertiary/aromatic N) is 1. The molecule has 0 saturated heterocycles. The predicted molar refractivity (Wildman–Crippen MR) is 49.4 cm³/mol. The quantitative estimate of drug-likeness (QED) is 0.723. The summed E-state index contributed by atoms with van der Waals surface area (Å²) in [5.74, 6) is 0. The van der Waals surface area contributed by atoms with Crippen LogP contribution in [0.25, 0.3) is 0 Å². The van der Waals surface area contributed by atoms with Crippen LogP contribution < -0.4 is 0 Å². The average Bonchev–Trinajstić information content (AvgIpc) is 2.04. The van der Waals surface area contributed by atoms with Crippen molar-refractivity contribution in [2.45, 2.75) is 39.5 Å². The number of carboxylic acid groups (broad SMARTS) is 1. The third kappa shape index (κ3) is 8.23. The van der Waals surface area contributed by atoms with E-state index in [1.54, 1.807) is 0 Å². The van der Waals surface area contributed by atoms with Gasteiger partial charge in [-0.3, -0.25) is 0 Å². The number of unbranched alkanes of at least 4 members (excludes halogenated alkanes) is 2. The topological polar surface area (TPSA) is 40.5 Å². The van der Waals surface area contributed by atoms with Crippen molar-refractivity contribution in [1.29, 1.82) is 0 Å². The third-order valence-electron chi connectivity index (χ3n) is 1.83. The van der Waals surface area contributed by atoms with Gasteiger partial charge in [0.05, 0.1) is 0 Å². The van der Waals surface area contributed by atoms with Gasteiger partial charge in [-0.2, -0.15) is 0 Å². The first kappa shape index (κ1) is 15.4. The molecule has 4 heteroatoms. The van der Waals surface area contributed by atoms with E-state index in [0.29, 0.717) is 13.1 Å². The molecule has 0 saturated carbocycles. The van der Waals surface area contributed by atoms with Crippen LogP contribution in [0, 0.1) is 0 Å². The maximum absolute atomic E-state index is 10.6. The first-order chi connectivity index (χ1) is 5.72. The molecule has 0 aliphatic rings. The second-order valence-electron chi connectivity index (χ2n) is 2.98. The summed E-state index contributed by atoms with van der Waals surface area (Å²) in [6.45, 7) is 5.51. The Morgan fingerprint density at radius 1 is 1.15 bits per heavy atom. The van der Waals surface area contributed by atoms with Gasteiger partial charge in [0.25, 0.3) is 0 Å². The second kappa shape index (κ2) is 9.98. The monoisotopic (exact) mass is 237 g/mol. The SMILES string of the molecule is CCCCN(CCCC)C(=O)O.[Zn]. The number of hydrogen-bond acceptors (Lipinski definition) is 1. The Bertz CT molecular complexity index is 123. The molecular weight excluding hydrogens is 219 g/mol. The minimum Gasteiger partial charge on any atom is -0.465 e. The minimum absolute atomic E-state index is 0. The molecule has 1 amide bonds. The van der Waals surface area contributed by atoms with Gasteiger partial charge in [0.15, 0.2) is 0 Å². The summed E-state index contributed by atoms with van der Waals surface area (Å²) in [5, 5.41) is 8.75. The molecule has 0 aromatic carbocycles. The van der Waals surface area contributed by atoms with Gasteiger partial charge in [0, 0.05) is 32.6 Å². The zero-order valence-corrected chi connectivity index (χ0v) is 11.7. The van der Waals surface area contributed by atoms with E-state index in [1.807, 2.05) is 0 Å². The molecule has 0 aliphatic carbocycles. The van der Waals surface area contributed by atoms with Gasteiger partial charge in [-0.25, -0.2) is 4.79 Å². The summed E-state index contributed by atoms with van der Waals surface area (Å²) >= 11 is 0. The molecule has 0 aliphatic heterocycles. The van der Waals surface area contributed by atoms with Crippen LogP contribution >= 0.6 is 0 Å². The number of amides is 1. The molecule has 74 valence electrons. The van der Waals surface area contributed by atoms with Gasteiger partial charge >= 0.3 is 6.09 Å². The van der Waals surface area contributed by atoms with E-state index >= 15 is 0 Å². The summed E-state index contributed by atoms with van der Waals surface area (Å²) in [5.41, 5.74) is 0. The molecule has 0 unspecified atom stereocenters. The van der Waals surface area contributed by atoms with E-state index in [0.717, 1.165) is 25.7 Å². The van der Waals surface area contributed by atoms with E-state index in [2.05, 4.69) is 13.8 Å². The largest absolute Gasteiger partial charge is 0.465 e. The minimum atomic E-state index is -0.781. The molecule has 0 fully saturated rings. The van der Waals surface area contributed by atoms with Crippen molar-refractivity contribution >= 4 is 6.09 Å². The van der Waals surface area contributed by atoms with Crippen LogP contribution in [0.15, 0.2) is 0 Å². The fraction of sp³-hybridized carbons (Fsp3) is 0.889. The van der Waals surface area contributed by atoms with Gasteiger partial charge in [0.1, 0.15) is 0 Å². The number of hydrogen-bond donors (Lipinski definition) is 1. The molecule has 0 radical (unpaired) electrons. The molecule has 0 aromatic heterocycles. The standard InChI is InChI=1S/C9H19NO2.Zn/c1-3-5-7-10(9(11)12)8-6-4-2;/h3-8H2,1-2H3,(H,11,12);. The van der Waals surface area contributed by atoms with Crippen molar-refractivity contribution in [1.82, 2.24) is 4.90 Å². The van der Waals surface area contributed by atoms with Crippen molar-refractivity contribution in [2.75, 3.05) is 13.1 Å². The normalized spacial score (nSPS) is 9.08. The molecule has 0 rings (SSSR count). The van der Waals surface area contributed by atoms with Crippen LogP contribution in [0.3, 0.4) is 0 Å². The molecule has 0 spiro atoms. The number of carbonyl (C=O) groups is 1. The molecule has 0 bridgehead atoms. The predicted octanol–water partition coefficient (Wildman–Crippen LogP) is 2.56. The Hall–Kier alpha value is -0.107. The Kier molecular flexibility index (Phi) is 11.8. The van der Waals surface area contributed by atoms with Crippen molar-refractivity contribution in [2.24, 2.45) is 0 Å². The summed E-state index contributed by atoms with van der Waals surface area (Å²) in [6.07, 6.45) is 3.26. The summed E-state index contributed by atoms with van der Waals surface area (Å²) in [4.78, 5) is 12.1. The van der Waals surface area contributed by atoms with Crippen LogP contribution in [-0.2, 0) is 19.5 Å². The van der Waals surface area contributed by atoms with Gasteiger partial charge in [-0.1, -0.05) is 26.7 Å². The molecule has 0 atom stereocenters. The Balaban J connectivity index is 0. The van der Waals surface area contributed by atoms with Crippen LogP contribution in [0.5, 0.6) is 0 Å². The molecule has 13 heavy (non-hydrogen) atoms. The zero-order valence-electron chi connectivity index (χ0n) is 8.75. The average molecular weight is 239 g/mol. The fourth-order valence-electron chi connectivity index (χ4n) is 1.00. The van der Waals surface area contributed by atoms with Crippen LogP contribution in [-0.4, -0.2) is 29.2 Å². The van der Waals surface area contributed by atoms with Gasteiger partial charge < -0.3 is 10.0 Å². The van der Waals surface area contributed by atoms with Crippen molar-refractivity contribution in [3.05, 3.63) is 0 Å². The zero-order chi connectivity index (χ0) is 9.40. The fourth-order valence-corrected chi connectivity index (χ4v) is 1.00. The first-order valence-electron chi connectivity index (χ1n) is 4.70. The maximum atomic E-state index is 10.6. The van der Waals surface area contributed by atoms with Crippen molar-refractivity contribution in [3.63, 3.8) is 0 Å². The summed E-state index contributed by atoms with van der Waals surface area (Å²) in [6, 6.07) is 0. The molecule has 0 heterocycles. The van der Waals surface area contributed by atoms with Crippen LogP contribution in [0.1, 0.15) is 39.5 Å². The second-order valence-corrected chi connectivity index (χ2v) is 2.98. The van der Waals surface area contributed by atoms with E-state index in [1.165, 1.54) is 4.90 Å². The molecular formula is C9H19NO2Zn. The summed E-state index contributed by atoms with van der Waals surface area (Å²) < 4.78 is 0. The van der Waals surface area contributed by atoms with Gasteiger partial charge in [-0.15, -0.1) is 0 Å². The Morgan fingerprint density at radius 2 is 1.54 bits per heavy atom. The molecule has 3 nitrogen and oxygen atoms in total. The maximum Gasteiger partial charge on any atom is 0.407 e. The first-order valence-corrected chi connectivity index (χ1v) is 4.70. The third-order valence-corrected chi connectivity index (χ3v) is 1.83. The van der Waals surface area contributed by atoms with Crippen molar-refractivity contribution in [3.8, 4) is 0 Å². The molecule has 0 aromatic rings. The summed E-state index contributed by atoms with van der Waals surface area (Å²) in [7, 11) is 0. The van der Waals surface area contributed by atoms with E-state index in [-0.39, 0.29) is 19.5 Å². The van der Waals surface area contributed by atoms with E-state index in [4.69, 9.17) is 5.11 Å². The smallest absolute Gasteiger partial charge is 0.407 e. The Morgan fingerprint density at radius 3 is 1.77 bits per heavy atom. The number of rotatable bonds is 6. The van der Waals surface area contributed by atoms with Gasteiger partial charge in [-0.05, 0) is 12.8 Å². The van der Waals surface area contributed by atoms with E-state index in [9.17, 15) is 4.79 Å². The van der Waals surface area contributed by atoms with Crippen LogP contribution in [0.4, 0.5) is 4.79 Å².